The van der Waals surface area contributed by atoms with Crippen molar-refractivity contribution in [3.63, 3.8) is 0 Å². The average Bonchev–Trinajstić information content (AvgIpc) is 3.16. The molecule has 1 atom stereocenters. The van der Waals surface area contributed by atoms with Gasteiger partial charge in [-0.2, -0.15) is 0 Å². The molecule has 0 spiro atoms. The molecule has 0 amide bonds. The van der Waals surface area contributed by atoms with Gasteiger partial charge in [0.2, 0.25) is 5.71 Å². The van der Waals surface area contributed by atoms with E-state index in [-0.39, 0.29) is 6.04 Å². The first kappa shape index (κ1) is 28.7. The number of nitrogens with one attached hydrogen (secondary N) is 1. The average molecular weight is 631 g/mol. The third-order valence-electron chi connectivity index (χ3n) is 9.78. The minimum Gasteiger partial charge on any atom is -0.362 e. The van der Waals surface area contributed by atoms with E-state index in [0.29, 0.717) is 11.4 Å². The van der Waals surface area contributed by atoms with Crippen molar-refractivity contribution in [2.24, 2.45) is 0 Å². The number of anilines is 1. The molecule has 1 unspecified atom stereocenters. The highest BCUT2D eigenvalue weighted by Gasteiger charge is 2.32. The van der Waals surface area contributed by atoms with E-state index in [2.05, 4.69) is 96.9 Å². The van der Waals surface area contributed by atoms with E-state index in [1.54, 1.807) is 0 Å². The molecule has 5 heteroatoms. The lowest BCUT2D eigenvalue weighted by Gasteiger charge is -2.33. The fourth-order valence-electron chi connectivity index (χ4n) is 7.32. The Bertz CT molecular complexity index is 2530. The maximum Gasteiger partial charge on any atom is 0.231 e. The fraction of sp³-hybridized carbons (Fsp3) is 0.0455. The molecule has 3 N–H and O–H groups in total. The second-order valence-electron chi connectivity index (χ2n) is 12.7. The van der Waals surface area contributed by atoms with Gasteiger partial charge in [0.1, 0.15) is 5.71 Å². The number of likely N-dealkylation sites (N-methyl/N-ethyl adjacent to an activating group) is 1. The van der Waals surface area contributed by atoms with Gasteiger partial charge < -0.3 is 4.90 Å². The Labute approximate surface area is 284 Å². The monoisotopic (exact) mass is 630 g/mol. The maximum absolute atomic E-state index is 9.13. The minimum absolute atomic E-state index is 0.0353. The summed E-state index contributed by atoms with van der Waals surface area (Å²) in [5, 5.41) is 18.1. The Morgan fingerprint density at radius 3 is 2.12 bits per heavy atom. The first-order valence-electron chi connectivity index (χ1n) is 16.5. The summed E-state index contributed by atoms with van der Waals surface area (Å²) >= 11 is 0. The summed E-state index contributed by atoms with van der Waals surface area (Å²) in [5.41, 5.74) is 13.5. The quantitative estimate of drug-likeness (QED) is 0.205. The molecule has 0 radical (unpaired) electrons. The topological polar surface area (TPSA) is 78.5 Å². The van der Waals surface area contributed by atoms with Crippen LogP contribution in [-0.4, -0.2) is 28.4 Å². The Kier molecular flexibility index (Phi) is 6.66. The molecule has 0 saturated carbocycles. The molecule has 1 aliphatic carbocycles. The predicted molar refractivity (Wildman–Crippen MR) is 203 cm³/mol. The van der Waals surface area contributed by atoms with E-state index in [1.807, 2.05) is 66.7 Å². The van der Waals surface area contributed by atoms with E-state index in [4.69, 9.17) is 20.8 Å². The first-order chi connectivity index (χ1) is 24.0. The molecule has 3 heterocycles. The molecule has 232 valence electrons. The Hall–Kier alpha value is -6.46. The summed E-state index contributed by atoms with van der Waals surface area (Å²) in [6, 6.07) is 45.6. The molecule has 1 aliphatic heterocycles. The summed E-state index contributed by atoms with van der Waals surface area (Å²) in [7, 11) is 2.15. The van der Waals surface area contributed by atoms with E-state index < -0.39 is 0 Å². The standard InChI is InChI=1S/C44H31N5/c1-49-38(24-21-31-18-17-30-20-23-36(47-43(30)44(31)49)28-13-7-3-8-14-28)32-19-22-33-37(25-32)48-42(29-15-9-4-10-16-29)35-26-34(27-11-5-2-6-12-27)40(45)41(46)39(33)35/h2-26,38,45-46H,1H3/p+1. The summed E-state index contributed by atoms with van der Waals surface area (Å²) < 4.78 is 0. The number of hydrogen-bond donors (Lipinski definition) is 2. The summed E-state index contributed by atoms with van der Waals surface area (Å²) in [6.07, 6.45) is 6.54. The van der Waals surface area contributed by atoms with Crippen molar-refractivity contribution in [2.45, 2.75) is 6.04 Å². The van der Waals surface area contributed by atoms with Gasteiger partial charge in [-0.15, -0.1) is 0 Å². The summed E-state index contributed by atoms with van der Waals surface area (Å²) in [4.78, 5) is 12.8. The lowest BCUT2D eigenvalue weighted by Crippen LogP contribution is -2.47. The van der Waals surface area contributed by atoms with Gasteiger partial charge in [0, 0.05) is 40.1 Å². The molecule has 2 aromatic heterocycles. The lowest BCUT2D eigenvalue weighted by atomic mass is 9.82. The van der Waals surface area contributed by atoms with Crippen LogP contribution in [-0.2, 0) is 0 Å². The number of nitrogens with two attached hydrogens (primary N) is 1. The summed E-state index contributed by atoms with van der Waals surface area (Å²) in [5.74, 6) is 0. The highest BCUT2D eigenvalue weighted by molar-refractivity contribution is 6.63. The normalized spacial score (nSPS) is 15.3. The van der Waals surface area contributed by atoms with Gasteiger partial charge in [-0.05, 0) is 34.9 Å². The molecule has 0 saturated heterocycles. The largest absolute Gasteiger partial charge is 0.362 e. The zero-order valence-electron chi connectivity index (χ0n) is 26.9. The number of pyridine rings is 2. The zero-order chi connectivity index (χ0) is 33.1. The maximum atomic E-state index is 9.13. The fourth-order valence-corrected chi connectivity index (χ4v) is 7.32. The predicted octanol–water partition coefficient (Wildman–Crippen LogP) is 8.44. The van der Waals surface area contributed by atoms with Crippen molar-refractivity contribution in [1.82, 2.24) is 9.97 Å². The Morgan fingerprint density at radius 1 is 0.714 bits per heavy atom. The van der Waals surface area contributed by atoms with Crippen molar-refractivity contribution in [3.8, 4) is 22.5 Å². The molecule has 0 bridgehead atoms. The van der Waals surface area contributed by atoms with Gasteiger partial charge in [-0.25, -0.2) is 9.97 Å². The molecule has 5 nitrogen and oxygen atoms in total. The van der Waals surface area contributed by atoms with Crippen molar-refractivity contribution >= 4 is 56.6 Å². The van der Waals surface area contributed by atoms with E-state index in [1.165, 1.54) is 0 Å². The van der Waals surface area contributed by atoms with E-state index in [9.17, 15) is 0 Å². The van der Waals surface area contributed by atoms with Crippen molar-refractivity contribution in [2.75, 3.05) is 11.9 Å². The van der Waals surface area contributed by atoms with Crippen LogP contribution < -0.4 is 10.3 Å². The summed E-state index contributed by atoms with van der Waals surface area (Å²) in [6.45, 7) is 0. The molecule has 7 aromatic rings. The number of hydrogen-bond acceptors (Lipinski definition) is 4. The van der Waals surface area contributed by atoms with Crippen LogP contribution in [0.4, 0.5) is 5.69 Å². The number of fused-ring (bicyclic) bond motifs is 6. The van der Waals surface area contributed by atoms with Crippen LogP contribution in [0, 0.1) is 5.41 Å². The van der Waals surface area contributed by atoms with E-state index >= 15 is 0 Å². The molecular formula is C44H32N5+. The van der Waals surface area contributed by atoms with Gasteiger partial charge in [-0.1, -0.05) is 133 Å². The van der Waals surface area contributed by atoms with Gasteiger partial charge in [0.05, 0.1) is 39.7 Å². The van der Waals surface area contributed by atoms with Crippen LogP contribution in [0.2, 0.25) is 0 Å². The molecule has 49 heavy (non-hydrogen) atoms. The van der Waals surface area contributed by atoms with Gasteiger partial charge in [0.25, 0.3) is 0 Å². The van der Waals surface area contributed by atoms with Gasteiger partial charge in [-0.3, -0.25) is 10.8 Å². The van der Waals surface area contributed by atoms with E-state index in [0.717, 1.165) is 83.4 Å². The third-order valence-corrected chi connectivity index (χ3v) is 9.78. The number of aromatic nitrogens is 2. The smallest absolute Gasteiger partial charge is 0.231 e. The van der Waals surface area contributed by atoms with Crippen molar-refractivity contribution < 1.29 is 5.41 Å². The minimum atomic E-state index is -0.0353. The van der Waals surface area contributed by atoms with Crippen molar-refractivity contribution in [1.29, 1.82) is 5.41 Å². The Morgan fingerprint density at radius 2 is 1.39 bits per heavy atom. The molecular weight excluding hydrogens is 599 g/mol. The third kappa shape index (κ3) is 4.70. The van der Waals surface area contributed by atoms with Crippen LogP contribution in [0.25, 0.3) is 62.0 Å². The molecule has 2 aliphatic rings. The first-order valence-corrected chi connectivity index (χ1v) is 16.5. The number of allylic oxidation sites excluding steroid dienone is 1. The Balaban J connectivity index is 1.20. The van der Waals surface area contributed by atoms with Crippen LogP contribution in [0.15, 0.2) is 140 Å². The number of rotatable bonds is 4. The number of benzene rings is 5. The zero-order valence-corrected chi connectivity index (χ0v) is 26.9. The SMILES string of the molecule is CN1c2c(ccc3ccc(-c4ccccc4)nc23)C=CC1c1ccc2c3c(c(-c4ccccc4)nc2c1)C=C(c1ccccc1)C(=N)C3=[NH2+]. The molecule has 9 rings (SSSR count). The van der Waals surface area contributed by atoms with Crippen molar-refractivity contribution in [3.05, 3.63) is 167 Å². The highest BCUT2D eigenvalue weighted by atomic mass is 15.1. The van der Waals surface area contributed by atoms with Crippen LogP contribution >= 0.6 is 0 Å². The molecule has 5 aromatic carbocycles. The van der Waals surface area contributed by atoms with Crippen LogP contribution in [0.1, 0.15) is 33.9 Å². The van der Waals surface area contributed by atoms with Gasteiger partial charge in [0.15, 0.2) is 0 Å². The van der Waals surface area contributed by atoms with Gasteiger partial charge >= 0.3 is 0 Å². The molecule has 0 fully saturated rings. The lowest BCUT2D eigenvalue weighted by molar-refractivity contribution is -0.109. The second kappa shape index (κ2) is 11.4. The highest BCUT2D eigenvalue weighted by Crippen LogP contribution is 2.42. The second-order valence-corrected chi connectivity index (χ2v) is 12.7. The number of nitrogens with zero attached hydrogens (tertiary/aromatic N) is 3. The van der Waals surface area contributed by atoms with Crippen LogP contribution in [0.5, 0.6) is 0 Å². The van der Waals surface area contributed by atoms with Crippen LogP contribution in [0.3, 0.4) is 0 Å².